The maximum Gasteiger partial charge on any atom is 0.241 e. The summed E-state index contributed by atoms with van der Waals surface area (Å²) in [7, 11) is 0. The number of nitrogens with one attached hydrogen (secondary N) is 1. The van der Waals surface area contributed by atoms with Gasteiger partial charge in [0, 0.05) is 6.04 Å². The smallest absolute Gasteiger partial charge is 0.241 e. The topological polar surface area (TPSA) is 56.1 Å². The number of amides is 1. The van der Waals surface area contributed by atoms with Crippen LogP contribution in [0.1, 0.15) is 33.1 Å². The molecular weight excluding hydrogens is 214 g/mol. The molecule has 0 spiro atoms. The third kappa shape index (κ3) is 1.56. The SMILES string of the molecule is CC1(C)CCNC1C(=O)N1[C@H](C#N)C[C@@H]2C[C@@H]21. The average Bonchev–Trinajstić information content (AvgIpc) is 2.79. The Bertz CT molecular complexity index is 398. The van der Waals surface area contributed by atoms with Crippen LogP contribution >= 0.6 is 0 Å². The molecule has 3 fully saturated rings. The molecule has 92 valence electrons. The van der Waals surface area contributed by atoms with Crippen LogP contribution in [0.4, 0.5) is 0 Å². The highest BCUT2D eigenvalue weighted by Crippen LogP contribution is 2.48. The fourth-order valence-corrected chi connectivity index (χ4v) is 3.42. The Morgan fingerprint density at radius 1 is 1.47 bits per heavy atom. The van der Waals surface area contributed by atoms with Crippen LogP contribution in [-0.2, 0) is 4.79 Å². The fourth-order valence-electron chi connectivity index (χ4n) is 3.42. The summed E-state index contributed by atoms with van der Waals surface area (Å²) in [5.41, 5.74) is 0.0179. The van der Waals surface area contributed by atoms with Gasteiger partial charge >= 0.3 is 0 Å². The van der Waals surface area contributed by atoms with Crippen molar-refractivity contribution in [3.63, 3.8) is 0 Å². The molecule has 1 aliphatic carbocycles. The van der Waals surface area contributed by atoms with Gasteiger partial charge in [0.25, 0.3) is 0 Å². The first-order chi connectivity index (χ1) is 8.04. The molecule has 4 atom stereocenters. The Labute approximate surface area is 102 Å². The lowest BCUT2D eigenvalue weighted by atomic mass is 9.84. The van der Waals surface area contributed by atoms with Gasteiger partial charge in [-0.05, 0) is 37.1 Å². The average molecular weight is 233 g/mol. The number of nitrogens with zero attached hydrogens (tertiary/aromatic N) is 2. The van der Waals surface area contributed by atoms with Crippen molar-refractivity contribution in [2.24, 2.45) is 11.3 Å². The first kappa shape index (κ1) is 11.0. The van der Waals surface area contributed by atoms with E-state index in [0.29, 0.717) is 12.0 Å². The van der Waals surface area contributed by atoms with Gasteiger partial charge in [0.1, 0.15) is 6.04 Å². The number of carbonyl (C=O) groups is 1. The molecule has 0 radical (unpaired) electrons. The van der Waals surface area contributed by atoms with Gasteiger partial charge in [0.05, 0.1) is 12.1 Å². The number of rotatable bonds is 1. The minimum Gasteiger partial charge on any atom is -0.322 e. The predicted molar refractivity (Wildman–Crippen MR) is 62.9 cm³/mol. The number of hydrogen-bond acceptors (Lipinski definition) is 3. The molecule has 4 nitrogen and oxygen atoms in total. The molecule has 0 bridgehead atoms. The standard InChI is InChI=1S/C13H19N3O/c1-13(2)3-4-15-11(13)12(17)16-9(7-14)5-8-6-10(8)16/h8-11,15H,3-6H2,1-2H3/t8-,9+,10+,11?/m1/s1. The summed E-state index contributed by atoms with van der Waals surface area (Å²) in [6, 6.07) is 2.37. The second kappa shape index (κ2) is 3.46. The molecule has 2 heterocycles. The van der Waals surface area contributed by atoms with Crippen molar-refractivity contribution in [3.05, 3.63) is 0 Å². The Morgan fingerprint density at radius 3 is 2.82 bits per heavy atom. The Morgan fingerprint density at radius 2 is 2.24 bits per heavy atom. The van der Waals surface area contributed by atoms with E-state index < -0.39 is 0 Å². The Kier molecular flexibility index (Phi) is 2.24. The van der Waals surface area contributed by atoms with Crippen LogP contribution in [0.3, 0.4) is 0 Å². The lowest BCUT2D eigenvalue weighted by Gasteiger charge is -2.32. The molecule has 0 aromatic carbocycles. The monoisotopic (exact) mass is 233 g/mol. The molecule has 3 aliphatic rings. The summed E-state index contributed by atoms with van der Waals surface area (Å²) in [5, 5.41) is 12.4. The molecule has 2 aliphatic heterocycles. The zero-order valence-electron chi connectivity index (χ0n) is 10.4. The van der Waals surface area contributed by atoms with Crippen molar-refractivity contribution >= 4 is 5.91 Å². The van der Waals surface area contributed by atoms with E-state index in [1.165, 1.54) is 0 Å². The third-order valence-electron chi connectivity index (χ3n) is 4.65. The molecule has 1 amide bonds. The first-order valence-electron chi connectivity index (χ1n) is 6.50. The molecule has 4 heteroatoms. The maximum atomic E-state index is 12.6. The van der Waals surface area contributed by atoms with Crippen LogP contribution in [0.25, 0.3) is 0 Å². The van der Waals surface area contributed by atoms with E-state index in [4.69, 9.17) is 5.26 Å². The summed E-state index contributed by atoms with van der Waals surface area (Å²) in [6.45, 7) is 5.18. The van der Waals surface area contributed by atoms with Gasteiger partial charge in [-0.1, -0.05) is 13.8 Å². The minimum atomic E-state index is -0.176. The van der Waals surface area contributed by atoms with Crippen LogP contribution in [0.2, 0.25) is 0 Å². The van der Waals surface area contributed by atoms with Crippen LogP contribution in [0.15, 0.2) is 0 Å². The summed E-state index contributed by atoms with van der Waals surface area (Å²) >= 11 is 0. The van der Waals surface area contributed by atoms with Gasteiger partial charge in [-0.15, -0.1) is 0 Å². The highest BCUT2D eigenvalue weighted by Gasteiger charge is 2.56. The Balaban J connectivity index is 1.80. The van der Waals surface area contributed by atoms with Crippen molar-refractivity contribution in [2.45, 2.75) is 51.2 Å². The lowest BCUT2D eigenvalue weighted by molar-refractivity contribution is -0.136. The van der Waals surface area contributed by atoms with Crippen molar-refractivity contribution in [3.8, 4) is 6.07 Å². The minimum absolute atomic E-state index is 0.0179. The number of fused-ring (bicyclic) bond motifs is 1. The molecule has 3 rings (SSSR count). The third-order valence-corrected chi connectivity index (χ3v) is 4.65. The van der Waals surface area contributed by atoms with E-state index in [-0.39, 0.29) is 23.4 Å². The normalized spacial score (nSPS) is 42.1. The maximum absolute atomic E-state index is 12.6. The van der Waals surface area contributed by atoms with E-state index in [1.54, 1.807) is 0 Å². The molecular formula is C13H19N3O. The van der Waals surface area contributed by atoms with Gasteiger partial charge in [0.2, 0.25) is 5.91 Å². The number of likely N-dealkylation sites (tertiary alicyclic amines) is 1. The highest BCUT2D eigenvalue weighted by molar-refractivity contribution is 5.85. The van der Waals surface area contributed by atoms with Crippen LogP contribution in [0.5, 0.6) is 0 Å². The Hall–Kier alpha value is -1.08. The van der Waals surface area contributed by atoms with E-state index in [1.807, 2.05) is 4.90 Å². The fraction of sp³-hybridized carbons (Fsp3) is 0.846. The molecule has 0 aromatic heterocycles. The molecule has 0 aromatic rings. The zero-order chi connectivity index (χ0) is 12.2. The van der Waals surface area contributed by atoms with Crippen molar-refractivity contribution < 1.29 is 4.79 Å². The van der Waals surface area contributed by atoms with E-state index in [2.05, 4.69) is 25.2 Å². The molecule has 1 saturated carbocycles. The van der Waals surface area contributed by atoms with Crippen molar-refractivity contribution in [1.29, 1.82) is 5.26 Å². The summed E-state index contributed by atoms with van der Waals surface area (Å²) < 4.78 is 0. The van der Waals surface area contributed by atoms with Gasteiger partial charge in [-0.2, -0.15) is 5.26 Å². The van der Waals surface area contributed by atoms with E-state index in [0.717, 1.165) is 25.8 Å². The van der Waals surface area contributed by atoms with Gasteiger partial charge in [0.15, 0.2) is 0 Å². The summed E-state index contributed by atoms with van der Waals surface area (Å²) in [5.74, 6) is 0.761. The lowest BCUT2D eigenvalue weighted by Crippen LogP contribution is -2.51. The first-order valence-corrected chi connectivity index (χ1v) is 6.50. The zero-order valence-corrected chi connectivity index (χ0v) is 10.4. The van der Waals surface area contributed by atoms with Gasteiger partial charge in [-0.3, -0.25) is 4.79 Å². The van der Waals surface area contributed by atoms with E-state index in [9.17, 15) is 4.79 Å². The number of carbonyl (C=O) groups excluding carboxylic acids is 1. The van der Waals surface area contributed by atoms with Crippen LogP contribution in [-0.4, -0.2) is 35.5 Å². The second-order valence-electron chi connectivity index (χ2n) is 6.31. The van der Waals surface area contributed by atoms with E-state index >= 15 is 0 Å². The summed E-state index contributed by atoms with van der Waals surface area (Å²) in [4.78, 5) is 14.5. The quantitative estimate of drug-likeness (QED) is 0.731. The van der Waals surface area contributed by atoms with Crippen molar-refractivity contribution in [1.82, 2.24) is 10.2 Å². The largest absolute Gasteiger partial charge is 0.322 e. The number of piperidine rings is 1. The molecule has 17 heavy (non-hydrogen) atoms. The second-order valence-corrected chi connectivity index (χ2v) is 6.31. The van der Waals surface area contributed by atoms with Gasteiger partial charge in [-0.25, -0.2) is 0 Å². The predicted octanol–water partition coefficient (Wildman–Crippen LogP) is 0.887. The number of nitriles is 1. The number of hydrogen-bond donors (Lipinski definition) is 1. The molecule has 1 unspecified atom stereocenters. The van der Waals surface area contributed by atoms with Crippen molar-refractivity contribution in [2.75, 3.05) is 6.54 Å². The molecule has 1 N–H and O–H groups in total. The summed E-state index contributed by atoms with van der Waals surface area (Å²) in [6.07, 6.45) is 3.03. The van der Waals surface area contributed by atoms with Crippen LogP contribution in [0, 0.1) is 22.7 Å². The highest BCUT2D eigenvalue weighted by atomic mass is 16.2. The van der Waals surface area contributed by atoms with Crippen LogP contribution < -0.4 is 5.32 Å². The van der Waals surface area contributed by atoms with Gasteiger partial charge < -0.3 is 10.2 Å². The molecule has 2 saturated heterocycles.